The van der Waals surface area contributed by atoms with E-state index in [0.717, 1.165) is 11.4 Å². The summed E-state index contributed by atoms with van der Waals surface area (Å²) in [4.78, 5) is 8.75. The molecule has 2 heterocycles. The zero-order valence-corrected chi connectivity index (χ0v) is 10.8. The van der Waals surface area contributed by atoms with E-state index >= 15 is 0 Å². The molecule has 0 aliphatic carbocycles. The Morgan fingerprint density at radius 3 is 2.42 bits per heavy atom. The lowest BCUT2D eigenvalue weighted by Crippen LogP contribution is -2.03. The lowest BCUT2D eigenvalue weighted by Gasteiger charge is -2.12. The maximum atomic E-state index is 4.43. The normalized spacial score (nSPS) is 12.3. The highest BCUT2D eigenvalue weighted by molar-refractivity contribution is 5.52. The van der Waals surface area contributed by atoms with Crippen molar-refractivity contribution in [2.75, 3.05) is 0 Å². The Morgan fingerprint density at radius 1 is 0.895 bits per heavy atom. The number of hydrogen-bond acceptors (Lipinski definition) is 2. The lowest BCUT2D eigenvalue weighted by atomic mass is 10.1. The average molecular weight is 249 g/mol. The summed E-state index contributed by atoms with van der Waals surface area (Å²) in [5.41, 5.74) is 3.08. The van der Waals surface area contributed by atoms with Gasteiger partial charge in [0.2, 0.25) is 0 Å². The minimum Gasteiger partial charge on any atom is -0.330 e. The third-order valence-corrected chi connectivity index (χ3v) is 3.26. The summed E-state index contributed by atoms with van der Waals surface area (Å²) in [6.45, 7) is 2.17. The van der Waals surface area contributed by atoms with Crippen LogP contribution in [0.1, 0.15) is 18.5 Å². The van der Waals surface area contributed by atoms with Crippen molar-refractivity contribution in [3.8, 4) is 11.4 Å². The maximum Gasteiger partial charge on any atom is 0.107 e. The topological polar surface area (TPSA) is 30.7 Å². The molecule has 0 radical (unpaired) electrons. The highest BCUT2D eigenvalue weighted by Gasteiger charge is 2.09. The van der Waals surface area contributed by atoms with Gasteiger partial charge < -0.3 is 4.57 Å². The van der Waals surface area contributed by atoms with Gasteiger partial charge in [0, 0.05) is 12.4 Å². The van der Waals surface area contributed by atoms with Crippen LogP contribution in [0.15, 0.2) is 67.3 Å². The molecule has 0 bridgehead atoms. The summed E-state index contributed by atoms with van der Waals surface area (Å²) >= 11 is 0. The summed E-state index contributed by atoms with van der Waals surface area (Å²) < 4.78 is 2.11. The molecular formula is C16H15N3. The molecule has 94 valence electrons. The number of imidazole rings is 1. The van der Waals surface area contributed by atoms with Crippen LogP contribution in [0.4, 0.5) is 0 Å². The first-order valence-electron chi connectivity index (χ1n) is 6.34. The molecule has 1 unspecified atom stereocenters. The third-order valence-electron chi connectivity index (χ3n) is 3.26. The molecule has 3 heteroatoms. The van der Waals surface area contributed by atoms with Gasteiger partial charge in [-0.1, -0.05) is 36.4 Å². The van der Waals surface area contributed by atoms with Gasteiger partial charge in [0.1, 0.15) is 5.69 Å². The second-order valence-corrected chi connectivity index (χ2v) is 4.51. The monoisotopic (exact) mass is 249 g/mol. The number of aromatic nitrogens is 3. The van der Waals surface area contributed by atoms with E-state index < -0.39 is 0 Å². The van der Waals surface area contributed by atoms with Crippen LogP contribution in [0.25, 0.3) is 11.4 Å². The van der Waals surface area contributed by atoms with Crippen molar-refractivity contribution in [1.82, 2.24) is 14.5 Å². The zero-order chi connectivity index (χ0) is 13.1. The van der Waals surface area contributed by atoms with Crippen LogP contribution in [0.5, 0.6) is 0 Å². The number of rotatable bonds is 3. The molecule has 0 fully saturated rings. The van der Waals surface area contributed by atoms with Gasteiger partial charge in [0.15, 0.2) is 0 Å². The summed E-state index contributed by atoms with van der Waals surface area (Å²) in [5, 5.41) is 0. The molecule has 0 aliphatic heterocycles. The number of nitrogens with zero attached hydrogens (tertiary/aromatic N) is 3. The van der Waals surface area contributed by atoms with Gasteiger partial charge in [0.25, 0.3) is 0 Å². The summed E-state index contributed by atoms with van der Waals surface area (Å²) in [7, 11) is 0. The van der Waals surface area contributed by atoms with Crippen LogP contribution in [0.3, 0.4) is 0 Å². The maximum absolute atomic E-state index is 4.43. The standard InChI is InChI=1S/C16H15N3/c1-13(14-7-3-2-4-8-14)19-11-16(18-12-19)15-9-5-6-10-17-15/h2-13H,1H3. The van der Waals surface area contributed by atoms with E-state index in [2.05, 4.69) is 45.7 Å². The molecule has 1 aromatic carbocycles. The van der Waals surface area contributed by atoms with Crippen molar-refractivity contribution in [2.45, 2.75) is 13.0 Å². The molecule has 3 aromatic rings. The van der Waals surface area contributed by atoms with Crippen LogP contribution < -0.4 is 0 Å². The Bertz CT molecular complexity index is 644. The van der Waals surface area contributed by atoms with E-state index in [9.17, 15) is 0 Å². The largest absolute Gasteiger partial charge is 0.330 e. The number of benzene rings is 1. The molecule has 0 spiro atoms. The molecule has 0 amide bonds. The van der Waals surface area contributed by atoms with Crippen LogP contribution in [0, 0.1) is 0 Å². The molecule has 0 saturated heterocycles. The van der Waals surface area contributed by atoms with Crippen molar-refractivity contribution in [3.63, 3.8) is 0 Å². The Balaban J connectivity index is 1.90. The minimum atomic E-state index is 0.270. The second kappa shape index (κ2) is 5.06. The van der Waals surface area contributed by atoms with Crippen LogP contribution >= 0.6 is 0 Å². The van der Waals surface area contributed by atoms with E-state index in [4.69, 9.17) is 0 Å². The van der Waals surface area contributed by atoms with Gasteiger partial charge in [-0.25, -0.2) is 4.98 Å². The fourth-order valence-corrected chi connectivity index (χ4v) is 2.10. The Kier molecular flexibility index (Phi) is 3.11. The highest BCUT2D eigenvalue weighted by atomic mass is 15.1. The van der Waals surface area contributed by atoms with Crippen LogP contribution in [0.2, 0.25) is 0 Å². The minimum absolute atomic E-state index is 0.270. The van der Waals surface area contributed by atoms with Gasteiger partial charge in [-0.3, -0.25) is 4.98 Å². The third kappa shape index (κ3) is 2.40. The van der Waals surface area contributed by atoms with E-state index in [1.54, 1.807) is 6.20 Å². The molecule has 0 N–H and O–H groups in total. The van der Waals surface area contributed by atoms with Gasteiger partial charge in [-0.2, -0.15) is 0 Å². The van der Waals surface area contributed by atoms with Gasteiger partial charge >= 0.3 is 0 Å². The van der Waals surface area contributed by atoms with Crippen LogP contribution in [-0.4, -0.2) is 14.5 Å². The van der Waals surface area contributed by atoms with Crippen molar-refractivity contribution >= 4 is 0 Å². The van der Waals surface area contributed by atoms with Crippen LogP contribution in [-0.2, 0) is 0 Å². The SMILES string of the molecule is CC(c1ccccc1)n1cnc(-c2ccccn2)c1. The molecule has 3 rings (SSSR count). The molecule has 0 aliphatic rings. The smallest absolute Gasteiger partial charge is 0.107 e. The zero-order valence-electron chi connectivity index (χ0n) is 10.8. The summed E-state index contributed by atoms with van der Waals surface area (Å²) in [5.74, 6) is 0. The first-order valence-corrected chi connectivity index (χ1v) is 6.34. The van der Waals surface area contributed by atoms with E-state index in [0.29, 0.717) is 0 Å². The van der Waals surface area contributed by atoms with Gasteiger partial charge in [-0.15, -0.1) is 0 Å². The molecule has 3 nitrogen and oxygen atoms in total. The Hall–Kier alpha value is -2.42. The fourth-order valence-electron chi connectivity index (χ4n) is 2.10. The molecule has 0 saturated carbocycles. The van der Waals surface area contributed by atoms with Gasteiger partial charge in [0.05, 0.1) is 18.1 Å². The predicted molar refractivity (Wildman–Crippen MR) is 75.7 cm³/mol. The first-order chi connectivity index (χ1) is 9.34. The molecule has 2 aromatic heterocycles. The quantitative estimate of drug-likeness (QED) is 0.710. The fraction of sp³-hybridized carbons (Fsp3) is 0.125. The Morgan fingerprint density at radius 2 is 1.68 bits per heavy atom. The van der Waals surface area contributed by atoms with Crippen molar-refractivity contribution in [1.29, 1.82) is 0 Å². The second-order valence-electron chi connectivity index (χ2n) is 4.51. The summed E-state index contributed by atoms with van der Waals surface area (Å²) in [6.07, 6.45) is 5.69. The average Bonchev–Trinajstić information content (AvgIpc) is 2.98. The van der Waals surface area contributed by atoms with Gasteiger partial charge in [-0.05, 0) is 24.6 Å². The Labute approximate surface area is 112 Å². The molecule has 1 atom stereocenters. The predicted octanol–water partition coefficient (Wildman–Crippen LogP) is 3.55. The molecular weight excluding hydrogens is 234 g/mol. The summed E-state index contributed by atoms with van der Waals surface area (Å²) in [6, 6.07) is 16.5. The van der Waals surface area contributed by atoms with Crippen molar-refractivity contribution in [2.24, 2.45) is 0 Å². The lowest BCUT2D eigenvalue weighted by molar-refractivity contribution is 0.638. The molecule has 19 heavy (non-hydrogen) atoms. The van der Waals surface area contributed by atoms with Crippen molar-refractivity contribution < 1.29 is 0 Å². The van der Waals surface area contributed by atoms with Crippen molar-refractivity contribution in [3.05, 3.63) is 72.8 Å². The van der Waals surface area contributed by atoms with E-state index in [1.165, 1.54) is 5.56 Å². The number of pyridine rings is 1. The number of hydrogen-bond donors (Lipinski definition) is 0. The first kappa shape index (κ1) is 11.7. The van der Waals surface area contributed by atoms with E-state index in [1.807, 2.05) is 36.8 Å². The highest BCUT2D eigenvalue weighted by Crippen LogP contribution is 2.20. The van der Waals surface area contributed by atoms with E-state index in [-0.39, 0.29) is 6.04 Å².